The zero-order chi connectivity index (χ0) is 36.3. The second-order valence-electron chi connectivity index (χ2n) is 13.4. The van der Waals surface area contributed by atoms with Crippen LogP contribution in [0.25, 0.3) is 71.7 Å². The molecule has 0 unspecified atom stereocenters. The van der Waals surface area contributed by atoms with Crippen molar-refractivity contribution in [2.45, 2.75) is 0 Å². The second kappa shape index (κ2) is 14.5. The van der Waals surface area contributed by atoms with E-state index in [-0.39, 0.29) is 0 Å². The molecular weight excluding hydrogens is 655 g/mol. The molecule has 2 nitrogen and oxygen atoms in total. The first kappa shape index (κ1) is 32.7. The summed E-state index contributed by atoms with van der Waals surface area (Å²) < 4.78 is 6.71. The summed E-state index contributed by atoms with van der Waals surface area (Å²) in [4.78, 5) is 2.26. The first-order valence-corrected chi connectivity index (χ1v) is 18.3. The van der Waals surface area contributed by atoms with Crippen LogP contribution in [0, 0.1) is 0 Å². The predicted octanol–water partition coefficient (Wildman–Crippen LogP) is 14.7. The van der Waals surface area contributed by atoms with Crippen LogP contribution in [0.15, 0.2) is 223 Å². The molecule has 1 heterocycles. The minimum Gasteiger partial charge on any atom is -0.455 e. The molecule has 0 aliphatic heterocycles. The molecule has 54 heavy (non-hydrogen) atoms. The summed E-state index contributed by atoms with van der Waals surface area (Å²) in [5.41, 5.74) is 12.9. The highest BCUT2D eigenvalue weighted by atomic mass is 16.3. The summed E-state index contributed by atoms with van der Waals surface area (Å²) in [5, 5.41) is 4.59. The molecular formula is C52H37NO. The molecule has 0 aliphatic rings. The normalized spacial score (nSPS) is 11.8. The SMILES string of the molecule is C=C/C(=C\C=C\N(c1ccc(-c2ccc(-c3ccccc3)cc2)cc1)c1ccccc1-c1cccc2c1oc1cc3ccccc3cc12)c1ccccc1. The summed E-state index contributed by atoms with van der Waals surface area (Å²) in [6.45, 7) is 4.10. The maximum Gasteiger partial charge on any atom is 0.143 e. The highest BCUT2D eigenvalue weighted by Crippen LogP contribution is 2.42. The summed E-state index contributed by atoms with van der Waals surface area (Å²) in [6.07, 6.45) is 8.26. The van der Waals surface area contributed by atoms with Crippen LogP contribution in [0.3, 0.4) is 0 Å². The number of para-hydroxylation sites is 2. The summed E-state index contributed by atoms with van der Waals surface area (Å²) in [5.74, 6) is 0. The van der Waals surface area contributed by atoms with E-state index in [2.05, 4.69) is 212 Å². The van der Waals surface area contributed by atoms with Crippen molar-refractivity contribution >= 4 is 49.7 Å². The summed E-state index contributed by atoms with van der Waals surface area (Å²) >= 11 is 0. The molecule has 9 rings (SSSR count). The van der Waals surface area contributed by atoms with Crippen LogP contribution in [0.4, 0.5) is 11.4 Å². The Kier molecular flexibility index (Phi) is 8.76. The Bertz CT molecular complexity index is 2810. The van der Waals surface area contributed by atoms with Gasteiger partial charge in [0.05, 0.1) is 5.69 Å². The third-order valence-electron chi connectivity index (χ3n) is 10.1. The Morgan fingerprint density at radius 1 is 0.500 bits per heavy atom. The monoisotopic (exact) mass is 691 g/mol. The van der Waals surface area contributed by atoms with E-state index in [4.69, 9.17) is 4.42 Å². The number of nitrogens with zero attached hydrogens (tertiary/aromatic N) is 1. The van der Waals surface area contributed by atoms with Gasteiger partial charge in [0.25, 0.3) is 0 Å². The van der Waals surface area contributed by atoms with E-state index in [1.54, 1.807) is 0 Å². The number of allylic oxidation sites excluding steroid dienone is 4. The van der Waals surface area contributed by atoms with E-state index in [0.717, 1.165) is 61.1 Å². The van der Waals surface area contributed by atoms with Crippen LogP contribution in [-0.4, -0.2) is 0 Å². The van der Waals surface area contributed by atoms with E-state index in [1.807, 2.05) is 12.1 Å². The Hall–Kier alpha value is -7.16. The zero-order valence-electron chi connectivity index (χ0n) is 29.8. The molecule has 0 saturated carbocycles. The van der Waals surface area contributed by atoms with Crippen LogP contribution >= 0.6 is 0 Å². The van der Waals surface area contributed by atoms with Gasteiger partial charge in [-0.25, -0.2) is 0 Å². The average Bonchev–Trinajstić information content (AvgIpc) is 3.61. The smallest absolute Gasteiger partial charge is 0.143 e. The molecule has 0 aliphatic carbocycles. The van der Waals surface area contributed by atoms with Gasteiger partial charge in [0.1, 0.15) is 11.2 Å². The Morgan fingerprint density at radius 3 is 1.78 bits per heavy atom. The third-order valence-corrected chi connectivity index (χ3v) is 10.1. The fourth-order valence-electron chi connectivity index (χ4n) is 7.36. The van der Waals surface area contributed by atoms with Gasteiger partial charge in [0.15, 0.2) is 0 Å². The van der Waals surface area contributed by atoms with Crippen molar-refractivity contribution in [3.8, 4) is 33.4 Å². The molecule has 0 bridgehead atoms. The Balaban J connectivity index is 1.14. The molecule has 0 spiro atoms. The average molecular weight is 692 g/mol. The molecule has 1 aromatic heterocycles. The molecule has 0 fully saturated rings. The highest BCUT2D eigenvalue weighted by molar-refractivity contribution is 6.14. The van der Waals surface area contributed by atoms with E-state index >= 15 is 0 Å². The Labute approximate surface area is 315 Å². The van der Waals surface area contributed by atoms with Gasteiger partial charge in [-0.2, -0.15) is 0 Å². The Morgan fingerprint density at radius 2 is 1.07 bits per heavy atom. The minimum atomic E-state index is 0.881. The summed E-state index contributed by atoms with van der Waals surface area (Å²) in [7, 11) is 0. The van der Waals surface area contributed by atoms with Gasteiger partial charge >= 0.3 is 0 Å². The van der Waals surface area contributed by atoms with Crippen molar-refractivity contribution in [1.82, 2.24) is 0 Å². The van der Waals surface area contributed by atoms with Crippen LogP contribution in [0.2, 0.25) is 0 Å². The van der Waals surface area contributed by atoms with Gasteiger partial charge in [0.2, 0.25) is 0 Å². The molecule has 256 valence electrons. The van der Waals surface area contributed by atoms with Gasteiger partial charge in [-0.05, 0) is 80.6 Å². The fraction of sp³-hybridized carbons (Fsp3) is 0. The number of hydrogen-bond acceptors (Lipinski definition) is 2. The lowest BCUT2D eigenvalue weighted by molar-refractivity contribution is 0.670. The predicted molar refractivity (Wildman–Crippen MR) is 230 cm³/mol. The van der Waals surface area contributed by atoms with Crippen molar-refractivity contribution in [3.05, 3.63) is 225 Å². The first-order valence-electron chi connectivity index (χ1n) is 18.3. The molecule has 8 aromatic carbocycles. The van der Waals surface area contributed by atoms with Gasteiger partial charge < -0.3 is 9.32 Å². The standard InChI is InChI=1S/C52H37NO/c1-2-37(38-15-5-3-6-16-38)21-14-34-53(45-32-30-42(31-33-45)41-28-26-40(27-29-41)39-17-7-4-8-18-39)50-25-12-11-22-46(50)47-23-13-24-48-49-35-43-19-9-10-20-44(43)36-51(49)54-52(47)48/h2-36H,1H2/b34-14+,37-21+. The number of hydrogen-bond donors (Lipinski definition) is 0. The van der Waals surface area contributed by atoms with Gasteiger partial charge in [0, 0.05) is 33.8 Å². The number of anilines is 2. The lowest BCUT2D eigenvalue weighted by atomic mass is 9.98. The minimum absolute atomic E-state index is 0.881. The maximum absolute atomic E-state index is 6.71. The van der Waals surface area contributed by atoms with Gasteiger partial charge in [-0.1, -0.05) is 176 Å². The van der Waals surface area contributed by atoms with E-state index < -0.39 is 0 Å². The van der Waals surface area contributed by atoms with Crippen LogP contribution in [0.1, 0.15) is 5.56 Å². The number of furan rings is 1. The largest absolute Gasteiger partial charge is 0.455 e. The molecule has 0 atom stereocenters. The molecule has 2 heteroatoms. The highest BCUT2D eigenvalue weighted by Gasteiger charge is 2.18. The van der Waals surface area contributed by atoms with E-state index in [9.17, 15) is 0 Å². The number of fused-ring (bicyclic) bond motifs is 4. The van der Waals surface area contributed by atoms with Crippen molar-refractivity contribution in [3.63, 3.8) is 0 Å². The molecule has 9 aromatic rings. The lowest BCUT2D eigenvalue weighted by Crippen LogP contribution is -2.09. The van der Waals surface area contributed by atoms with Crippen LogP contribution in [0.5, 0.6) is 0 Å². The van der Waals surface area contributed by atoms with E-state index in [1.165, 1.54) is 27.5 Å². The third kappa shape index (κ3) is 6.31. The van der Waals surface area contributed by atoms with Gasteiger partial charge in [-0.3, -0.25) is 0 Å². The van der Waals surface area contributed by atoms with Crippen molar-refractivity contribution in [1.29, 1.82) is 0 Å². The molecule has 0 N–H and O–H groups in total. The summed E-state index contributed by atoms with van der Waals surface area (Å²) in [6, 6.07) is 66.3. The quantitative estimate of drug-likeness (QED) is 0.140. The lowest BCUT2D eigenvalue weighted by Gasteiger charge is -2.24. The van der Waals surface area contributed by atoms with Crippen LogP contribution in [-0.2, 0) is 0 Å². The number of benzene rings is 8. The van der Waals surface area contributed by atoms with Crippen molar-refractivity contribution in [2.75, 3.05) is 4.90 Å². The first-order chi connectivity index (χ1) is 26.7. The molecule has 0 radical (unpaired) electrons. The fourth-order valence-corrected chi connectivity index (χ4v) is 7.36. The zero-order valence-corrected chi connectivity index (χ0v) is 29.8. The van der Waals surface area contributed by atoms with Crippen molar-refractivity contribution < 1.29 is 4.42 Å². The molecule has 0 saturated heterocycles. The van der Waals surface area contributed by atoms with Gasteiger partial charge in [-0.15, -0.1) is 0 Å². The van der Waals surface area contributed by atoms with E-state index in [0.29, 0.717) is 0 Å². The topological polar surface area (TPSA) is 16.4 Å². The van der Waals surface area contributed by atoms with Crippen LogP contribution < -0.4 is 4.90 Å². The number of rotatable bonds is 9. The maximum atomic E-state index is 6.71. The second-order valence-corrected chi connectivity index (χ2v) is 13.4. The molecule has 0 amide bonds. The van der Waals surface area contributed by atoms with Crippen molar-refractivity contribution in [2.24, 2.45) is 0 Å².